The predicted octanol–water partition coefficient (Wildman–Crippen LogP) is 2.31. The number of nitrogens with one attached hydrogen (secondary N) is 1. The van der Waals surface area contributed by atoms with Crippen molar-refractivity contribution in [2.24, 2.45) is 0 Å². The largest absolute Gasteiger partial charge is 0.353 e. The number of unbranched alkanes of at least 4 members (excludes halogenated alkanes) is 1. The van der Waals surface area contributed by atoms with Crippen LogP contribution in [0, 0.1) is 11.3 Å². The molecule has 3 rings (SSSR count). The molecule has 1 aromatic heterocycles. The Kier molecular flexibility index (Phi) is 6.64. The minimum absolute atomic E-state index is 0.0413. The number of rotatable bonds is 7. The van der Waals surface area contributed by atoms with Crippen molar-refractivity contribution in [3.05, 3.63) is 45.1 Å². The van der Waals surface area contributed by atoms with E-state index in [2.05, 4.69) is 5.32 Å². The third-order valence-corrected chi connectivity index (χ3v) is 5.37. The fraction of sp³-hybridized carbons (Fsp3) is 0.524. The first-order chi connectivity index (χ1) is 13.6. The van der Waals surface area contributed by atoms with Crippen LogP contribution in [-0.4, -0.2) is 21.1 Å². The molecule has 1 aliphatic rings. The average Bonchev–Trinajstić information content (AvgIpc) is 2.71. The van der Waals surface area contributed by atoms with E-state index in [1.165, 1.54) is 28.4 Å². The van der Waals surface area contributed by atoms with Gasteiger partial charge in [-0.05, 0) is 37.8 Å². The highest BCUT2D eigenvalue weighted by Crippen LogP contribution is 2.17. The van der Waals surface area contributed by atoms with Crippen molar-refractivity contribution in [1.82, 2.24) is 14.5 Å². The van der Waals surface area contributed by atoms with Crippen LogP contribution in [0.25, 0.3) is 10.9 Å². The first-order valence-corrected chi connectivity index (χ1v) is 10.0. The summed E-state index contributed by atoms with van der Waals surface area (Å²) in [4.78, 5) is 37.5. The third kappa shape index (κ3) is 4.50. The van der Waals surface area contributed by atoms with Gasteiger partial charge in [0.25, 0.3) is 5.56 Å². The van der Waals surface area contributed by atoms with Crippen molar-refractivity contribution in [3.63, 3.8) is 0 Å². The van der Waals surface area contributed by atoms with Crippen LogP contribution in [0.2, 0.25) is 0 Å². The number of amides is 1. The molecule has 148 valence electrons. The SMILES string of the molecule is N#CCn1c(=O)n(CCCCC(=O)NC2CCCCC2)c(=O)c2ccccc21. The highest BCUT2D eigenvalue weighted by molar-refractivity contribution is 5.78. The summed E-state index contributed by atoms with van der Waals surface area (Å²) in [6.07, 6.45) is 7.25. The lowest BCUT2D eigenvalue weighted by Gasteiger charge is -2.22. The van der Waals surface area contributed by atoms with Gasteiger partial charge in [0.1, 0.15) is 6.54 Å². The number of hydrogen-bond acceptors (Lipinski definition) is 4. The van der Waals surface area contributed by atoms with Crippen LogP contribution in [0.4, 0.5) is 0 Å². The van der Waals surface area contributed by atoms with Crippen LogP contribution < -0.4 is 16.6 Å². The van der Waals surface area contributed by atoms with Crippen LogP contribution >= 0.6 is 0 Å². The van der Waals surface area contributed by atoms with Crippen LogP contribution in [0.3, 0.4) is 0 Å². The molecule has 28 heavy (non-hydrogen) atoms. The fourth-order valence-corrected chi connectivity index (χ4v) is 3.89. The van der Waals surface area contributed by atoms with Crippen LogP contribution in [-0.2, 0) is 17.9 Å². The number of aromatic nitrogens is 2. The molecule has 0 saturated heterocycles. The number of benzene rings is 1. The Morgan fingerprint density at radius 3 is 2.61 bits per heavy atom. The van der Waals surface area contributed by atoms with E-state index in [0.717, 1.165) is 12.8 Å². The standard InChI is InChI=1S/C21H26N4O3/c22-13-15-24-18-11-5-4-10-17(18)20(27)25(21(24)28)14-7-6-12-19(26)23-16-8-2-1-3-9-16/h4-5,10-11,16H,1-3,6-9,12,14-15H2,(H,23,26). The Balaban J connectivity index is 1.64. The average molecular weight is 382 g/mol. The van der Waals surface area contributed by atoms with Gasteiger partial charge in [0.15, 0.2) is 0 Å². The lowest BCUT2D eigenvalue weighted by atomic mass is 9.95. The molecular formula is C21H26N4O3. The van der Waals surface area contributed by atoms with Crippen molar-refractivity contribution in [2.45, 2.75) is 70.5 Å². The van der Waals surface area contributed by atoms with Crippen molar-refractivity contribution in [1.29, 1.82) is 5.26 Å². The van der Waals surface area contributed by atoms with Crippen molar-refractivity contribution >= 4 is 16.8 Å². The van der Waals surface area contributed by atoms with E-state index in [1.807, 2.05) is 6.07 Å². The molecule has 1 aromatic carbocycles. The van der Waals surface area contributed by atoms with Gasteiger partial charge in [0.05, 0.1) is 17.0 Å². The predicted molar refractivity (Wildman–Crippen MR) is 107 cm³/mol. The second-order valence-electron chi connectivity index (χ2n) is 7.36. The van der Waals surface area contributed by atoms with Gasteiger partial charge in [0.2, 0.25) is 5.91 Å². The van der Waals surface area contributed by atoms with Crippen molar-refractivity contribution in [3.8, 4) is 6.07 Å². The number of para-hydroxylation sites is 1. The number of carbonyl (C=O) groups excluding carboxylic acids is 1. The monoisotopic (exact) mass is 382 g/mol. The quantitative estimate of drug-likeness (QED) is 0.743. The van der Waals surface area contributed by atoms with Gasteiger partial charge in [-0.1, -0.05) is 31.4 Å². The number of hydrogen-bond donors (Lipinski definition) is 1. The smallest absolute Gasteiger partial charge is 0.332 e. The summed E-state index contributed by atoms with van der Waals surface area (Å²) in [6.45, 7) is 0.133. The lowest BCUT2D eigenvalue weighted by Crippen LogP contribution is -2.40. The summed E-state index contributed by atoms with van der Waals surface area (Å²) in [5.41, 5.74) is -0.347. The third-order valence-electron chi connectivity index (χ3n) is 5.37. The highest BCUT2D eigenvalue weighted by Gasteiger charge is 2.16. The first kappa shape index (κ1) is 19.9. The van der Waals surface area contributed by atoms with Crippen molar-refractivity contribution < 1.29 is 4.79 Å². The van der Waals surface area contributed by atoms with Gasteiger partial charge in [-0.3, -0.25) is 18.7 Å². The number of fused-ring (bicyclic) bond motifs is 1. The summed E-state index contributed by atoms with van der Waals surface area (Å²) in [6, 6.07) is 9.10. The number of carbonyl (C=O) groups is 1. The van der Waals surface area contributed by atoms with Gasteiger partial charge in [-0.25, -0.2) is 4.79 Å². The van der Waals surface area contributed by atoms with Gasteiger partial charge >= 0.3 is 5.69 Å². The summed E-state index contributed by atoms with van der Waals surface area (Å²) < 4.78 is 2.51. The van der Waals surface area contributed by atoms with Gasteiger partial charge in [-0.2, -0.15) is 5.26 Å². The minimum Gasteiger partial charge on any atom is -0.353 e. The lowest BCUT2D eigenvalue weighted by molar-refractivity contribution is -0.122. The number of nitriles is 1. The van der Waals surface area contributed by atoms with E-state index in [0.29, 0.717) is 36.2 Å². The molecule has 2 aromatic rings. The van der Waals surface area contributed by atoms with Crippen LogP contribution in [0.5, 0.6) is 0 Å². The normalized spacial score (nSPS) is 14.7. The highest BCUT2D eigenvalue weighted by atomic mass is 16.2. The van der Waals surface area contributed by atoms with Gasteiger partial charge in [-0.15, -0.1) is 0 Å². The molecule has 1 amide bonds. The Hall–Kier alpha value is -2.88. The molecule has 1 saturated carbocycles. The zero-order valence-electron chi connectivity index (χ0n) is 16.0. The minimum atomic E-state index is -0.475. The van der Waals surface area contributed by atoms with Gasteiger partial charge in [0, 0.05) is 19.0 Å². The molecule has 0 atom stereocenters. The Morgan fingerprint density at radius 2 is 1.86 bits per heavy atom. The molecular weight excluding hydrogens is 356 g/mol. The molecule has 0 bridgehead atoms. The fourth-order valence-electron chi connectivity index (χ4n) is 3.89. The molecule has 0 radical (unpaired) electrons. The van der Waals surface area contributed by atoms with Gasteiger partial charge < -0.3 is 5.32 Å². The molecule has 0 aliphatic heterocycles. The zero-order chi connectivity index (χ0) is 19.9. The summed E-state index contributed by atoms with van der Waals surface area (Å²) in [5.74, 6) is 0.0413. The maximum atomic E-state index is 12.7. The topological polar surface area (TPSA) is 96.9 Å². The molecule has 0 spiro atoms. The Morgan fingerprint density at radius 1 is 1.11 bits per heavy atom. The summed E-state index contributed by atoms with van der Waals surface area (Å²) in [5, 5.41) is 12.5. The van der Waals surface area contributed by atoms with E-state index < -0.39 is 5.69 Å². The maximum absolute atomic E-state index is 12.7. The summed E-state index contributed by atoms with van der Waals surface area (Å²) in [7, 11) is 0. The molecule has 0 unspecified atom stereocenters. The first-order valence-electron chi connectivity index (χ1n) is 10.0. The molecule has 7 nitrogen and oxygen atoms in total. The zero-order valence-corrected chi connectivity index (χ0v) is 16.0. The van der Waals surface area contributed by atoms with E-state index in [-0.39, 0.29) is 24.6 Å². The Bertz CT molecular complexity index is 993. The Labute approximate surface area is 163 Å². The molecule has 1 N–H and O–H groups in total. The van der Waals surface area contributed by atoms with E-state index in [4.69, 9.17) is 5.26 Å². The number of nitrogens with zero attached hydrogens (tertiary/aromatic N) is 3. The second-order valence-corrected chi connectivity index (χ2v) is 7.36. The van der Waals surface area contributed by atoms with Crippen molar-refractivity contribution in [2.75, 3.05) is 0 Å². The molecule has 1 fully saturated rings. The molecule has 7 heteroatoms. The van der Waals surface area contributed by atoms with E-state index >= 15 is 0 Å². The molecule has 1 heterocycles. The second kappa shape index (κ2) is 9.36. The summed E-state index contributed by atoms with van der Waals surface area (Å²) >= 11 is 0. The van der Waals surface area contributed by atoms with Crippen LogP contribution in [0.1, 0.15) is 51.4 Å². The van der Waals surface area contributed by atoms with E-state index in [9.17, 15) is 14.4 Å². The maximum Gasteiger partial charge on any atom is 0.332 e. The molecule has 1 aliphatic carbocycles. The van der Waals surface area contributed by atoms with E-state index in [1.54, 1.807) is 24.3 Å². The van der Waals surface area contributed by atoms with Crippen LogP contribution in [0.15, 0.2) is 33.9 Å².